The summed E-state index contributed by atoms with van der Waals surface area (Å²) in [7, 11) is 1.56. The molecule has 0 fully saturated rings. The average Bonchev–Trinajstić information content (AvgIpc) is 2.87. The lowest BCUT2D eigenvalue weighted by molar-refractivity contribution is -0.384. The molecule has 0 saturated carbocycles. The minimum atomic E-state index is -0.979. The van der Waals surface area contributed by atoms with E-state index in [1.807, 2.05) is 12.1 Å². The van der Waals surface area contributed by atoms with Crippen LogP contribution in [0.1, 0.15) is 43.1 Å². The molecule has 190 valence electrons. The van der Waals surface area contributed by atoms with Crippen LogP contribution in [0.15, 0.2) is 71.1 Å². The molecule has 9 nitrogen and oxygen atoms in total. The van der Waals surface area contributed by atoms with Gasteiger partial charge in [-0.3, -0.25) is 10.1 Å². The van der Waals surface area contributed by atoms with E-state index in [2.05, 4.69) is 5.32 Å². The quantitative estimate of drug-likeness (QED) is 0.216. The molecular formula is C26H28N2O7S. The van der Waals surface area contributed by atoms with Crippen molar-refractivity contribution in [1.29, 1.82) is 0 Å². The number of dihydropyridines is 1. The second-order valence-corrected chi connectivity index (χ2v) is 8.41. The first-order valence-corrected chi connectivity index (χ1v) is 11.9. The molecule has 0 bridgehead atoms. The number of nitrogens with zero attached hydrogens (tertiary/aromatic N) is 1. The smallest absolute Gasteiger partial charge is 0.336 e. The number of nitro groups is 1. The van der Waals surface area contributed by atoms with Crippen molar-refractivity contribution in [2.45, 2.75) is 31.9 Å². The standard InChI is InChI=1S/C26H28N2O7S/c1-5-34-25(29)20-15(3)27-23(24(36)16-10-12-19(33-4)13-11-16)22(26(30)35-6-2)21(20)17-8-7-9-18(14-17)28(31)32/h7-14,21,24,27,36H,5-6H2,1-4H3. The Bertz CT molecular complexity index is 1220. The third-order valence-electron chi connectivity index (χ3n) is 5.70. The van der Waals surface area contributed by atoms with Crippen molar-refractivity contribution in [3.05, 3.63) is 92.3 Å². The summed E-state index contributed by atoms with van der Waals surface area (Å²) in [6.45, 7) is 5.24. The van der Waals surface area contributed by atoms with Gasteiger partial charge in [0.2, 0.25) is 0 Å². The van der Waals surface area contributed by atoms with E-state index in [0.29, 0.717) is 22.7 Å². The number of esters is 2. The van der Waals surface area contributed by atoms with Crippen LogP contribution in [0, 0.1) is 10.1 Å². The minimum Gasteiger partial charge on any atom is -0.497 e. The number of carbonyl (C=O) groups excluding carboxylic acids is 2. The van der Waals surface area contributed by atoms with Crippen molar-refractivity contribution in [2.75, 3.05) is 20.3 Å². The number of non-ortho nitro benzene ring substituents is 1. The van der Waals surface area contributed by atoms with Crippen LogP contribution in [0.2, 0.25) is 0 Å². The molecule has 1 aliphatic heterocycles. The number of hydrogen-bond acceptors (Lipinski definition) is 9. The molecule has 1 N–H and O–H groups in total. The van der Waals surface area contributed by atoms with Gasteiger partial charge in [-0.15, -0.1) is 0 Å². The Balaban J connectivity index is 2.28. The zero-order valence-corrected chi connectivity index (χ0v) is 21.3. The van der Waals surface area contributed by atoms with Crippen molar-refractivity contribution >= 4 is 30.3 Å². The Hall–Kier alpha value is -3.79. The zero-order valence-electron chi connectivity index (χ0n) is 20.4. The van der Waals surface area contributed by atoms with Gasteiger partial charge < -0.3 is 19.5 Å². The first-order valence-electron chi connectivity index (χ1n) is 11.4. The number of methoxy groups -OCH3 is 1. The molecule has 0 radical (unpaired) electrons. The molecule has 0 spiro atoms. The molecule has 10 heteroatoms. The highest BCUT2D eigenvalue weighted by Gasteiger charge is 2.41. The SMILES string of the molecule is CCOC(=O)C1=C(C)NC(C(S)c2ccc(OC)cc2)=C(C(=O)OCC)C1c1cccc([N+](=O)[O-])c1. The van der Waals surface area contributed by atoms with Crippen LogP contribution in [0.3, 0.4) is 0 Å². The molecule has 2 aromatic rings. The fourth-order valence-corrected chi connectivity index (χ4v) is 4.47. The third kappa shape index (κ3) is 5.54. The van der Waals surface area contributed by atoms with Gasteiger partial charge in [0, 0.05) is 23.5 Å². The first kappa shape index (κ1) is 26.8. The highest BCUT2D eigenvalue weighted by Crippen LogP contribution is 2.44. The molecule has 0 aromatic heterocycles. The van der Waals surface area contributed by atoms with E-state index in [0.717, 1.165) is 5.56 Å². The van der Waals surface area contributed by atoms with Gasteiger partial charge in [-0.05, 0) is 44.0 Å². The number of nitro benzene ring substituents is 1. The Morgan fingerprint density at radius 3 is 2.22 bits per heavy atom. The molecule has 1 heterocycles. The monoisotopic (exact) mass is 512 g/mol. The highest BCUT2D eigenvalue weighted by molar-refractivity contribution is 7.80. The summed E-state index contributed by atoms with van der Waals surface area (Å²) >= 11 is 4.80. The summed E-state index contributed by atoms with van der Waals surface area (Å²) in [5.74, 6) is -1.63. The molecule has 2 unspecified atom stereocenters. The maximum Gasteiger partial charge on any atom is 0.336 e. The van der Waals surface area contributed by atoms with Gasteiger partial charge in [-0.2, -0.15) is 12.6 Å². The minimum absolute atomic E-state index is 0.0917. The number of hydrogen-bond donors (Lipinski definition) is 2. The van der Waals surface area contributed by atoms with Crippen LogP contribution >= 0.6 is 12.6 Å². The van der Waals surface area contributed by atoms with Crippen molar-refractivity contribution in [3.63, 3.8) is 0 Å². The van der Waals surface area contributed by atoms with Gasteiger partial charge in [0.25, 0.3) is 5.69 Å². The number of rotatable bonds is 9. The van der Waals surface area contributed by atoms with Crippen LogP contribution in [-0.4, -0.2) is 37.2 Å². The number of nitrogens with one attached hydrogen (secondary N) is 1. The zero-order chi connectivity index (χ0) is 26.4. The maximum absolute atomic E-state index is 13.4. The molecule has 2 aromatic carbocycles. The van der Waals surface area contributed by atoms with Gasteiger partial charge in [-0.25, -0.2) is 9.59 Å². The number of benzene rings is 2. The van der Waals surface area contributed by atoms with E-state index in [9.17, 15) is 19.7 Å². The molecule has 2 atom stereocenters. The third-order valence-corrected chi connectivity index (χ3v) is 6.26. The molecule has 0 saturated heterocycles. The van der Waals surface area contributed by atoms with E-state index >= 15 is 0 Å². The first-order chi connectivity index (χ1) is 17.2. The number of allylic oxidation sites excluding steroid dienone is 1. The Morgan fingerprint density at radius 2 is 1.67 bits per heavy atom. The predicted octanol–water partition coefficient (Wildman–Crippen LogP) is 4.62. The summed E-state index contributed by atoms with van der Waals surface area (Å²) in [6.07, 6.45) is 0. The van der Waals surface area contributed by atoms with Crippen LogP contribution in [-0.2, 0) is 19.1 Å². The fraction of sp³-hybridized carbons (Fsp3) is 0.308. The molecule has 36 heavy (non-hydrogen) atoms. The lowest BCUT2D eigenvalue weighted by Gasteiger charge is -2.33. The number of thiol groups is 1. The van der Waals surface area contributed by atoms with Crippen LogP contribution in [0.5, 0.6) is 5.75 Å². The Kier molecular flexibility index (Phi) is 8.76. The van der Waals surface area contributed by atoms with E-state index in [-0.39, 0.29) is 30.0 Å². The molecule has 3 rings (SSSR count). The van der Waals surface area contributed by atoms with Gasteiger partial charge in [-0.1, -0.05) is 24.3 Å². The van der Waals surface area contributed by atoms with E-state index in [4.69, 9.17) is 26.8 Å². The lowest BCUT2D eigenvalue weighted by Crippen LogP contribution is -2.34. The summed E-state index contributed by atoms with van der Waals surface area (Å²) < 4.78 is 15.9. The molecule has 0 amide bonds. The second kappa shape index (κ2) is 11.8. The van der Waals surface area contributed by atoms with Crippen molar-refractivity contribution in [3.8, 4) is 5.75 Å². The van der Waals surface area contributed by atoms with Gasteiger partial charge in [0.1, 0.15) is 5.75 Å². The topological polar surface area (TPSA) is 117 Å². The van der Waals surface area contributed by atoms with Gasteiger partial charge in [0.15, 0.2) is 0 Å². The Labute approximate surface area is 214 Å². The molecular weight excluding hydrogens is 484 g/mol. The molecule has 1 aliphatic rings. The fourth-order valence-electron chi connectivity index (χ4n) is 4.09. The molecule has 0 aliphatic carbocycles. The van der Waals surface area contributed by atoms with Gasteiger partial charge >= 0.3 is 11.9 Å². The summed E-state index contributed by atoms with van der Waals surface area (Å²) in [6, 6.07) is 13.0. The van der Waals surface area contributed by atoms with E-state index in [1.165, 1.54) is 18.2 Å². The largest absolute Gasteiger partial charge is 0.497 e. The van der Waals surface area contributed by atoms with Gasteiger partial charge in [0.05, 0.1) is 47.6 Å². The van der Waals surface area contributed by atoms with Crippen molar-refractivity contribution < 1.29 is 28.7 Å². The van der Waals surface area contributed by atoms with E-state index < -0.39 is 28.0 Å². The van der Waals surface area contributed by atoms with Crippen LogP contribution in [0.25, 0.3) is 0 Å². The van der Waals surface area contributed by atoms with Crippen LogP contribution in [0.4, 0.5) is 5.69 Å². The number of carbonyl (C=O) groups is 2. The van der Waals surface area contributed by atoms with Crippen molar-refractivity contribution in [2.24, 2.45) is 0 Å². The van der Waals surface area contributed by atoms with Crippen LogP contribution < -0.4 is 10.1 Å². The average molecular weight is 513 g/mol. The lowest BCUT2D eigenvalue weighted by atomic mass is 9.79. The summed E-state index contributed by atoms with van der Waals surface area (Å²) in [5, 5.41) is 14.1. The predicted molar refractivity (Wildman–Crippen MR) is 137 cm³/mol. The number of ether oxygens (including phenoxy) is 3. The van der Waals surface area contributed by atoms with Crippen molar-refractivity contribution in [1.82, 2.24) is 5.32 Å². The normalized spacial score (nSPS) is 16.2. The summed E-state index contributed by atoms with van der Waals surface area (Å²) in [4.78, 5) is 37.5. The summed E-state index contributed by atoms with van der Waals surface area (Å²) in [5.41, 5.74) is 2.11. The second-order valence-electron chi connectivity index (χ2n) is 7.89. The highest BCUT2D eigenvalue weighted by atomic mass is 32.1. The Morgan fingerprint density at radius 1 is 1.06 bits per heavy atom. The maximum atomic E-state index is 13.4. The van der Waals surface area contributed by atoms with E-state index in [1.54, 1.807) is 46.1 Å².